The molecule has 0 radical (unpaired) electrons. The van der Waals surface area contributed by atoms with Crippen molar-refractivity contribution >= 4 is 15.8 Å². The number of rotatable bonds is 5. The zero-order chi connectivity index (χ0) is 18.8. The van der Waals surface area contributed by atoms with Gasteiger partial charge in [0.05, 0.1) is 9.82 Å². The normalized spacial score (nSPS) is 13.4. The zero-order valence-corrected chi connectivity index (χ0v) is 15.4. The van der Waals surface area contributed by atoms with Crippen LogP contribution in [0.4, 0.5) is 5.69 Å². The Labute approximate surface area is 147 Å². The molecule has 25 heavy (non-hydrogen) atoms. The third-order valence-corrected chi connectivity index (χ3v) is 5.00. The summed E-state index contributed by atoms with van der Waals surface area (Å²) in [7, 11) is -4.01. The third kappa shape index (κ3) is 4.64. The molecule has 0 N–H and O–H groups in total. The fourth-order valence-electron chi connectivity index (χ4n) is 2.39. The summed E-state index contributed by atoms with van der Waals surface area (Å²) in [6.45, 7) is 7.32. The van der Waals surface area contributed by atoms with E-state index in [4.69, 9.17) is 4.18 Å². The summed E-state index contributed by atoms with van der Waals surface area (Å²) in [6.07, 6.45) is -0.862. The van der Waals surface area contributed by atoms with Crippen molar-refractivity contribution in [2.45, 2.75) is 38.7 Å². The molecule has 0 aliphatic heterocycles. The number of nitro benzene ring substituents is 1. The Hall–Kier alpha value is -2.25. The molecule has 2 aromatic rings. The van der Waals surface area contributed by atoms with E-state index in [0.29, 0.717) is 5.56 Å². The van der Waals surface area contributed by atoms with E-state index < -0.39 is 26.6 Å². The summed E-state index contributed by atoms with van der Waals surface area (Å²) in [5, 5.41) is 11.0. The van der Waals surface area contributed by atoms with Gasteiger partial charge in [0, 0.05) is 12.1 Å². The number of hydrogen-bond donors (Lipinski definition) is 0. The van der Waals surface area contributed by atoms with Crippen molar-refractivity contribution in [3.05, 3.63) is 69.8 Å². The van der Waals surface area contributed by atoms with E-state index in [9.17, 15) is 18.5 Å². The van der Waals surface area contributed by atoms with Crippen molar-refractivity contribution in [3.63, 3.8) is 0 Å². The lowest BCUT2D eigenvalue weighted by molar-refractivity contribution is -0.385. The lowest BCUT2D eigenvalue weighted by atomic mass is 9.85. The monoisotopic (exact) mass is 363 g/mol. The molecule has 0 fully saturated rings. The van der Waals surface area contributed by atoms with Crippen molar-refractivity contribution in [1.82, 2.24) is 0 Å². The lowest BCUT2D eigenvalue weighted by Crippen LogP contribution is -2.24. The largest absolute Gasteiger partial charge is 0.297 e. The number of benzene rings is 2. The van der Waals surface area contributed by atoms with Crippen LogP contribution in [0.15, 0.2) is 53.4 Å². The van der Waals surface area contributed by atoms with Gasteiger partial charge in [-0.05, 0) is 30.0 Å². The minimum atomic E-state index is -4.01. The molecule has 6 nitrogen and oxygen atoms in total. The van der Waals surface area contributed by atoms with Gasteiger partial charge in [0.15, 0.2) is 0 Å². The molecule has 7 heteroatoms. The van der Waals surface area contributed by atoms with Crippen LogP contribution in [0.5, 0.6) is 0 Å². The first kappa shape index (κ1) is 19.1. The Morgan fingerprint density at radius 3 is 2.20 bits per heavy atom. The Morgan fingerprint density at radius 1 is 1.08 bits per heavy atom. The maximum atomic E-state index is 12.6. The number of nitrogens with zero attached hydrogens (tertiary/aromatic N) is 1. The Morgan fingerprint density at radius 2 is 1.68 bits per heavy atom. The molecule has 0 saturated heterocycles. The number of nitro groups is 1. The van der Waals surface area contributed by atoms with E-state index in [-0.39, 0.29) is 10.6 Å². The quantitative estimate of drug-likeness (QED) is 0.446. The van der Waals surface area contributed by atoms with Crippen molar-refractivity contribution in [2.75, 3.05) is 0 Å². The van der Waals surface area contributed by atoms with Gasteiger partial charge in [-0.25, -0.2) is 0 Å². The molecular formula is C18H21NO5S. The predicted octanol–water partition coefficient (Wildman–Crippen LogP) is 4.40. The van der Waals surface area contributed by atoms with Crippen molar-refractivity contribution in [2.24, 2.45) is 5.41 Å². The highest BCUT2D eigenvalue weighted by Crippen LogP contribution is 2.39. The van der Waals surface area contributed by atoms with Gasteiger partial charge in [0.1, 0.15) is 6.10 Å². The predicted molar refractivity (Wildman–Crippen MR) is 94.7 cm³/mol. The van der Waals surface area contributed by atoms with Crippen molar-refractivity contribution in [3.8, 4) is 0 Å². The second kappa shape index (κ2) is 6.93. The average molecular weight is 363 g/mol. The van der Waals surface area contributed by atoms with E-state index in [1.165, 1.54) is 30.3 Å². The molecule has 0 spiro atoms. The summed E-state index contributed by atoms with van der Waals surface area (Å²) in [5.41, 5.74) is 0.679. The first-order valence-electron chi connectivity index (χ1n) is 7.75. The number of aryl methyl sites for hydroxylation is 1. The molecule has 0 saturated carbocycles. The molecule has 0 bridgehead atoms. The molecule has 134 valence electrons. The Bertz CT molecular complexity index is 867. The molecule has 1 unspecified atom stereocenters. The highest BCUT2D eigenvalue weighted by Gasteiger charge is 2.33. The van der Waals surface area contributed by atoms with E-state index in [0.717, 1.165) is 5.56 Å². The minimum absolute atomic E-state index is 0.0535. The van der Waals surface area contributed by atoms with Gasteiger partial charge >= 0.3 is 0 Å². The SMILES string of the molecule is Cc1ccc(S(=O)(=O)OC(c2cccc([N+](=O)[O-])c2)C(C)(C)C)cc1. The van der Waals surface area contributed by atoms with Crippen LogP contribution < -0.4 is 0 Å². The van der Waals surface area contributed by atoms with Crippen LogP contribution in [-0.2, 0) is 14.3 Å². The van der Waals surface area contributed by atoms with Gasteiger partial charge in [-0.2, -0.15) is 8.42 Å². The average Bonchev–Trinajstić information content (AvgIpc) is 2.52. The van der Waals surface area contributed by atoms with E-state index in [2.05, 4.69) is 0 Å². The summed E-state index contributed by atoms with van der Waals surface area (Å²) in [4.78, 5) is 10.5. The van der Waals surface area contributed by atoms with E-state index in [1.807, 2.05) is 27.7 Å². The second-order valence-corrected chi connectivity index (χ2v) is 8.53. The fraction of sp³-hybridized carbons (Fsp3) is 0.333. The molecule has 2 aromatic carbocycles. The second-order valence-electron chi connectivity index (χ2n) is 6.96. The van der Waals surface area contributed by atoms with Crippen LogP contribution in [0.1, 0.15) is 38.0 Å². The molecule has 0 aliphatic rings. The van der Waals surface area contributed by atoms with Crippen LogP contribution in [0.3, 0.4) is 0 Å². The number of hydrogen-bond acceptors (Lipinski definition) is 5. The van der Waals surface area contributed by atoms with Gasteiger partial charge in [-0.15, -0.1) is 0 Å². The third-order valence-electron chi connectivity index (χ3n) is 3.70. The molecule has 2 rings (SSSR count). The molecule has 1 atom stereocenters. The highest BCUT2D eigenvalue weighted by atomic mass is 32.2. The van der Waals surface area contributed by atoms with Gasteiger partial charge < -0.3 is 0 Å². The first-order chi connectivity index (χ1) is 11.5. The van der Waals surface area contributed by atoms with Crippen LogP contribution in [-0.4, -0.2) is 13.3 Å². The zero-order valence-electron chi connectivity index (χ0n) is 14.6. The molecule has 0 amide bonds. The molecule has 0 aliphatic carbocycles. The lowest BCUT2D eigenvalue weighted by Gasteiger charge is -2.30. The van der Waals surface area contributed by atoms with Crippen molar-refractivity contribution in [1.29, 1.82) is 0 Å². The van der Waals surface area contributed by atoms with E-state index >= 15 is 0 Å². The van der Waals surface area contributed by atoms with Crippen LogP contribution in [0.25, 0.3) is 0 Å². The highest BCUT2D eigenvalue weighted by molar-refractivity contribution is 7.86. The smallest absolute Gasteiger partial charge is 0.258 e. The fourth-order valence-corrected chi connectivity index (χ4v) is 3.62. The maximum Gasteiger partial charge on any atom is 0.297 e. The molecular weight excluding hydrogens is 342 g/mol. The van der Waals surface area contributed by atoms with E-state index in [1.54, 1.807) is 18.2 Å². The van der Waals surface area contributed by atoms with Gasteiger partial charge in [-0.1, -0.05) is 50.6 Å². The van der Waals surface area contributed by atoms with Gasteiger partial charge in [0.2, 0.25) is 0 Å². The minimum Gasteiger partial charge on any atom is -0.258 e. The summed E-state index contributed by atoms with van der Waals surface area (Å²) in [6, 6.07) is 12.2. The topological polar surface area (TPSA) is 86.5 Å². The maximum absolute atomic E-state index is 12.6. The first-order valence-corrected chi connectivity index (χ1v) is 9.16. The Balaban J connectivity index is 2.44. The van der Waals surface area contributed by atoms with Crippen LogP contribution in [0.2, 0.25) is 0 Å². The summed E-state index contributed by atoms with van der Waals surface area (Å²) < 4.78 is 30.8. The van der Waals surface area contributed by atoms with Gasteiger partial charge in [0.25, 0.3) is 15.8 Å². The molecule has 0 aromatic heterocycles. The Kier molecular flexibility index (Phi) is 5.29. The van der Waals surface area contributed by atoms with Crippen molar-refractivity contribution < 1.29 is 17.5 Å². The standard InChI is InChI=1S/C18H21NO5S/c1-13-8-10-16(11-9-13)25(22,23)24-17(18(2,3)4)14-6-5-7-15(12-14)19(20)21/h5-12,17H,1-4H3. The number of non-ortho nitro benzene ring substituents is 1. The van der Waals surface area contributed by atoms with Gasteiger partial charge in [-0.3, -0.25) is 14.3 Å². The summed E-state index contributed by atoms with van der Waals surface area (Å²) >= 11 is 0. The van der Waals surface area contributed by atoms with Crippen LogP contribution >= 0.6 is 0 Å². The summed E-state index contributed by atoms with van der Waals surface area (Å²) in [5.74, 6) is 0. The van der Waals surface area contributed by atoms with Crippen LogP contribution in [0, 0.1) is 22.5 Å². The molecule has 0 heterocycles.